The Morgan fingerprint density at radius 2 is 1.66 bits per heavy atom. The highest BCUT2D eigenvalue weighted by Crippen LogP contribution is 2.49. The molecule has 6 heteroatoms. The van der Waals surface area contributed by atoms with Crippen molar-refractivity contribution in [3.63, 3.8) is 0 Å². The van der Waals surface area contributed by atoms with Crippen molar-refractivity contribution in [2.75, 3.05) is 14.2 Å². The number of fused-ring (bicyclic) bond motifs is 3. The van der Waals surface area contributed by atoms with Gasteiger partial charge in [-0.1, -0.05) is 36.9 Å². The predicted molar refractivity (Wildman–Crippen MR) is 106 cm³/mol. The molecule has 3 aromatic carbocycles. The van der Waals surface area contributed by atoms with Gasteiger partial charge in [0, 0.05) is 16.5 Å². The maximum Gasteiger partial charge on any atom is 0.417 e. The molecule has 0 saturated heterocycles. The van der Waals surface area contributed by atoms with Gasteiger partial charge < -0.3 is 14.2 Å². The topological polar surface area (TPSA) is 27.7 Å². The van der Waals surface area contributed by atoms with E-state index in [9.17, 15) is 13.2 Å². The number of allylic oxidation sites excluding steroid dienone is 2. The summed E-state index contributed by atoms with van der Waals surface area (Å²) in [6, 6.07) is 12.6. The van der Waals surface area contributed by atoms with Crippen LogP contribution in [0, 0.1) is 0 Å². The fourth-order valence-corrected chi connectivity index (χ4v) is 3.63. The van der Waals surface area contributed by atoms with Crippen molar-refractivity contribution in [1.29, 1.82) is 0 Å². The molecule has 1 heterocycles. The van der Waals surface area contributed by atoms with Crippen molar-refractivity contribution in [2.45, 2.75) is 6.18 Å². The summed E-state index contributed by atoms with van der Waals surface area (Å²) in [6.07, 6.45) is -3.19. The fraction of sp³-hybridized carbons (Fsp3) is 0.130. The van der Waals surface area contributed by atoms with Crippen LogP contribution in [0.3, 0.4) is 0 Å². The molecule has 0 saturated carbocycles. The lowest BCUT2D eigenvalue weighted by Gasteiger charge is -2.25. The van der Waals surface area contributed by atoms with E-state index in [-0.39, 0.29) is 11.1 Å². The summed E-state index contributed by atoms with van der Waals surface area (Å²) < 4.78 is 57.4. The molecular weight excluding hydrogens is 381 g/mol. The van der Waals surface area contributed by atoms with Gasteiger partial charge in [0.25, 0.3) is 0 Å². The van der Waals surface area contributed by atoms with E-state index in [4.69, 9.17) is 14.2 Å². The molecule has 0 spiro atoms. The van der Waals surface area contributed by atoms with Gasteiger partial charge in [-0.15, -0.1) is 0 Å². The van der Waals surface area contributed by atoms with Gasteiger partial charge in [-0.2, -0.15) is 13.2 Å². The van der Waals surface area contributed by atoms with Crippen LogP contribution in [0.25, 0.3) is 21.9 Å². The molecule has 0 radical (unpaired) electrons. The second kappa shape index (κ2) is 6.88. The molecule has 4 rings (SSSR count). The number of alkyl halides is 3. The largest absolute Gasteiger partial charge is 0.493 e. The standard InChI is InChI=1S/C23H17F3O3/c1-13-16(15-6-4-5-7-17(15)23(24,25)26)12-29-18-10-8-14-9-11-19(27-2)22(28-3)21(14)20(13)18/h4-12H,1H2,2-3H3. The quantitative estimate of drug-likeness (QED) is 0.517. The first kappa shape index (κ1) is 18.9. The summed E-state index contributed by atoms with van der Waals surface area (Å²) in [7, 11) is 3.04. The molecule has 0 bridgehead atoms. The van der Waals surface area contributed by atoms with Gasteiger partial charge in [0.05, 0.1) is 26.0 Å². The van der Waals surface area contributed by atoms with Crippen LogP contribution in [0.15, 0.2) is 61.4 Å². The van der Waals surface area contributed by atoms with E-state index in [0.29, 0.717) is 33.8 Å². The number of benzene rings is 3. The molecule has 1 aliphatic rings. The molecule has 0 unspecified atom stereocenters. The molecular formula is C23H17F3O3. The second-order valence-electron chi connectivity index (χ2n) is 6.51. The number of halogens is 3. The van der Waals surface area contributed by atoms with Gasteiger partial charge in [-0.25, -0.2) is 0 Å². The third kappa shape index (κ3) is 3.01. The molecule has 3 aromatic rings. The molecule has 3 nitrogen and oxygen atoms in total. The first-order valence-corrected chi connectivity index (χ1v) is 8.77. The van der Waals surface area contributed by atoms with Gasteiger partial charge in [0.15, 0.2) is 11.5 Å². The lowest BCUT2D eigenvalue weighted by atomic mass is 9.87. The average molecular weight is 398 g/mol. The summed E-state index contributed by atoms with van der Waals surface area (Å²) in [5, 5.41) is 1.50. The molecule has 0 N–H and O–H groups in total. The van der Waals surface area contributed by atoms with Gasteiger partial charge in [-0.05, 0) is 34.7 Å². The van der Waals surface area contributed by atoms with Crippen molar-refractivity contribution in [2.24, 2.45) is 0 Å². The van der Waals surface area contributed by atoms with Crippen LogP contribution < -0.4 is 14.2 Å². The second-order valence-corrected chi connectivity index (χ2v) is 6.51. The molecule has 148 valence electrons. The SMILES string of the molecule is C=C1C(c2ccccc2C(F)(F)F)=COc2ccc3ccc(OC)c(OC)c3c21. The molecule has 0 fully saturated rings. The van der Waals surface area contributed by atoms with E-state index in [1.807, 2.05) is 12.1 Å². The van der Waals surface area contributed by atoms with Gasteiger partial charge in [-0.3, -0.25) is 0 Å². The molecule has 0 aromatic heterocycles. The Balaban J connectivity index is 1.97. The first-order valence-electron chi connectivity index (χ1n) is 8.77. The third-order valence-corrected chi connectivity index (χ3v) is 4.94. The minimum absolute atomic E-state index is 0.00881. The Labute approximate surface area is 165 Å². The fourth-order valence-electron chi connectivity index (χ4n) is 3.63. The Morgan fingerprint density at radius 1 is 0.931 bits per heavy atom. The van der Waals surface area contributed by atoms with Crippen LogP contribution in [0.4, 0.5) is 13.2 Å². The smallest absolute Gasteiger partial charge is 0.417 e. The van der Waals surface area contributed by atoms with Crippen molar-refractivity contribution < 1.29 is 27.4 Å². The Bertz CT molecular complexity index is 1160. The summed E-state index contributed by atoms with van der Waals surface area (Å²) >= 11 is 0. The first-order chi connectivity index (χ1) is 13.9. The van der Waals surface area contributed by atoms with E-state index in [1.165, 1.54) is 32.6 Å². The third-order valence-electron chi connectivity index (χ3n) is 4.94. The van der Waals surface area contributed by atoms with E-state index in [1.54, 1.807) is 18.2 Å². The van der Waals surface area contributed by atoms with Crippen molar-refractivity contribution in [1.82, 2.24) is 0 Å². The van der Waals surface area contributed by atoms with Gasteiger partial charge in [0.1, 0.15) is 5.75 Å². The van der Waals surface area contributed by atoms with E-state index >= 15 is 0 Å². The van der Waals surface area contributed by atoms with Crippen LogP contribution in [-0.4, -0.2) is 14.2 Å². The summed E-state index contributed by atoms with van der Waals surface area (Å²) in [4.78, 5) is 0. The minimum Gasteiger partial charge on any atom is -0.493 e. The molecule has 0 atom stereocenters. The molecule has 1 aliphatic heterocycles. The number of hydrogen-bond donors (Lipinski definition) is 0. The summed E-state index contributed by atoms with van der Waals surface area (Å²) in [5.41, 5.74) is 0.523. The van der Waals surface area contributed by atoms with Crippen LogP contribution >= 0.6 is 0 Å². The maximum absolute atomic E-state index is 13.6. The molecule has 0 amide bonds. The zero-order valence-electron chi connectivity index (χ0n) is 15.8. The van der Waals surface area contributed by atoms with Crippen molar-refractivity contribution in [3.8, 4) is 17.2 Å². The Morgan fingerprint density at radius 3 is 2.34 bits per heavy atom. The van der Waals surface area contributed by atoms with E-state index < -0.39 is 11.7 Å². The summed E-state index contributed by atoms with van der Waals surface area (Å²) in [6.45, 7) is 4.11. The Hall–Kier alpha value is -3.41. The highest BCUT2D eigenvalue weighted by molar-refractivity contribution is 6.14. The lowest BCUT2D eigenvalue weighted by molar-refractivity contribution is -0.137. The monoisotopic (exact) mass is 398 g/mol. The van der Waals surface area contributed by atoms with Gasteiger partial charge in [0.2, 0.25) is 0 Å². The lowest BCUT2D eigenvalue weighted by Crippen LogP contribution is -2.11. The van der Waals surface area contributed by atoms with Crippen molar-refractivity contribution >= 4 is 21.9 Å². The van der Waals surface area contributed by atoms with Crippen LogP contribution in [0.1, 0.15) is 16.7 Å². The minimum atomic E-state index is -4.50. The molecule has 29 heavy (non-hydrogen) atoms. The van der Waals surface area contributed by atoms with E-state index in [2.05, 4.69) is 6.58 Å². The number of methoxy groups -OCH3 is 2. The van der Waals surface area contributed by atoms with Gasteiger partial charge >= 0.3 is 6.18 Å². The number of rotatable bonds is 3. The Kier molecular flexibility index (Phi) is 4.49. The van der Waals surface area contributed by atoms with E-state index in [0.717, 1.165) is 11.5 Å². The molecule has 0 aliphatic carbocycles. The van der Waals surface area contributed by atoms with Crippen LogP contribution in [-0.2, 0) is 6.18 Å². The van der Waals surface area contributed by atoms with Crippen molar-refractivity contribution in [3.05, 3.63) is 78.1 Å². The zero-order chi connectivity index (χ0) is 20.8. The highest BCUT2D eigenvalue weighted by atomic mass is 19.4. The van der Waals surface area contributed by atoms with Crippen LogP contribution in [0.5, 0.6) is 17.2 Å². The normalized spacial score (nSPS) is 13.6. The number of ether oxygens (including phenoxy) is 3. The zero-order valence-corrected chi connectivity index (χ0v) is 15.8. The maximum atomic E-state index is 13.6. The van der Waals surface area contributed by atoms with Crippen LogP contribution in [0.2, 0.25) is 0 Å². The number of hydrogen-bond acceptors (Lipinski definition) is 3. The highest BCUT2D eigenvalue weighted by Gasteiger charge is 2.35. The predicted octanol–water partition coefficient (Wildman–Crippen LogP) is 6.32. The average Bonchev–Trinajstić information content (AvgIpc) is 2.72. The summed E-state index contributed by atoms with van der Waals surface area (Å²) in [5.74, 6) is 1.47.